The highest BCUT2D eigenvalue weighted by Crippen LogP contribution is 2.09. The number of aromatic nitrogens is 2. The summed E-state index contributed by atoms with van der Waals surface area (Å²) in [6.45, 7) is 5.84. The van der Waals surface area contributed by atoms with Crippen LogP contribution in [0.4, 0.5) is 0 Å². The summed E-state index contributed by atoms with van der Waals surface area (Å²) in [6.07, 6.45) is 3.60. The average Bonchev–Trinajstić information content (AvgIpc) is 2.61. The highest BCUT2D eigenvalue weighted by atomic mass is 16.5. The lowest BCUT2D eigenvalue weighted by atomic mass is 10.2. The first-order chi connectivity index (χ1) is 6.36. The summed E-state index contributed by atoms with van der Waals surface area (Å²) in [5.41, 5.74) is 1.17. The van der Waals surface area contributed by atoms with Crippen molar-refractivity contribution in [2.24, 2.45) is 0 Å². The fraction of sp³-hybridized carbons (Fsp3) is 0.667. The van der Waals surface area contributed by atoms with Crippen molar-refractivity contribution in [2.45, 2.75) is 19.5 Å². The molecule has 0 amide bonds. The first kappa shape index (κ1) is 8.72. The number of aromatic amines is 1. The normalized spacial score (nSPS) is 24.8. The van der Waals surface area contributed by atoms with Crippen LogP contribution in [0.2, 0.25) is 0 Å². The van der Waals surface area contributed by atoms with Crippen LogP contribution in [0, 0.1) is 0 Å². The fourth-order valence-corrected chi connectivity index (χ4v) is 1.59. The van der Waals surface area contributed by atoms with E-state index in [2.05, 4.69) is 21.8 Å². The van der Waals surface area contributed by atoms with Crippen molar-refractivity contribution in [1.82, 2.24) is 14.9 Å². The molecule has 1 unspecified atom stereocenters. The molecule has 0 spiro atoms. The Balaban J connectivity index is 1.93. The maximum Gasteiger partial charge on any atom is 0.0922 e. The monoisotopic (exact) mass is 181 g/mol. The minimum Gasteiger partial charge on any atom is -0.379 e. The largest absolute Gasteiger partial charge is 0.379 e. The maximum atomic E-state index is 5.36. The number of imidazole rings is 1. The van der Waals surface area contributed by atoms with Gasteiger partial charge in [0.05, 0.1) is 19.5 Å². The molecule has 1 fully saturated rings. The molecule has 1 atom stereocenters. The number of hydrogen-bond donors (Lipinski definition) is 1. The Morgan fingerprint density at radius 1 is 1.77 bits per heavy atom. The lowest BCUT2D eigenvalue weighted by Gasteiger charge is -2.32. The second kappa shape index (κ2) is 3.89. The van der Waals surface area contributed by atoms with Crippen molar-refractivity contribution >= 4 is 0 Å². The molecule has 1 saturated heterocycles. The molecule has 4 heteroatoms. The summed E-state index contributed by atoms with van der Waals surface area (Å²) in [5.74, 6) is 0. The Bertz CT molecular complexity index is 247. The van der Waals surface area contributed by atoms with Crippen LogP contribution in [0.3, 0.4) is 0 Å². The molecule has 72 valence electrons. The van der Waals surface area contributed by atoms with Gasteiger partial charge in [0.25, 0.3) is 0 Å². The molecule has 0 radical (unpaired) electrons. The highest BCUT2D eigenvalue weighted by Gasteiger charge is 2.18. The van der Waals surface area contributed by atoms with Gasteiger partial charge in [-0.3, -0.25) is 4.90 Å². The number of H-pyrrole nitrogens is 1. The fourth-order valence-electron chi connectivity index (χ4n) is 1.59. The van der Waals surface area contributed by atoms with Crippen molar-refractivity contribution in [2.75, 3.05) is 19.8 Å². The molecule has 1 aliphatic heterocycles. The summed E-state index contributed by atoms with van der Waals surface area (Å²) in [7, 11) is 0. The summed E-state index contributed by atoms with van der Waals surface area (Å²) >= 11 is 0. The molecule has 0 bridgehead atoms. The summed E-state index contributed by atoms with van der Waals surface area (Å²) in [6, 6.07) is 0.511. The lowest BCUT2D eigenvalue weighted by Crippen LogP contribution is -2.42. The van der Waals surface area contributed by atoms with E-state index < -0.39 is 0 Å². The number of rotatable bonds is 2. The molecule has 2 rings (SSSR count). The number of nitrogens with zero attached hydrogens (tertiary/aromatic N) is 2. The van der Waals surface area contributed by atoms with Gasteiger partial charge in [-0.2, -0.15) is 0 Å². The van der Waals surface area contributed by atoms with Crippen LogP contribution in [0.15, 0.2) is 12.5 Å². The van der Waals surface area contributed by atoms with E-state index in [0.717, 1.165) is 26.3 Å². The highest BCUT2D eigenvalue weighted by molar-refractivity contribution is 4.94. The first-order valence-corrected chi connectivity index (χ1v) is 4.65. The minimum atomic E-state index is 0.511. The molecule has 1 N–H and O–H groups in total. The van der Waals surface area contributed by atoms with E-state index in [9.17, 15) is 0 Å². The van der Waals surface area contributed by atoms with Crippen LogP contribution in [-0.2, 0) is 11.3 Å². The van der Waals surface area contributed by atoms with Gasteiger partial charge in [-0.1, -0.05) is 0 Å². The molecular formula is C9H15N3O. The quantitative estimate of drug-likeness (QED) is 0.727. The molecule has 0 aliphatic carbocycles. The molecular weight excluding hydrogens is 166 g/mol. The zero-order valence-electron chi connectivity index (χ0n) is 7.86. The summed E-state index contributed by atoms with van der Waals surface area (Å²) in [4.78, 5) is 9.51. The molecule has 1 aliphatic rings. The standard InChI is InChI=1S/C9H15N3O/c1-8-6-13-3-2-12(8)5-9-4-10-7-11-9/h4,7-8H,2-3,5-6H2,1H3,(H,10,11). The first-order valence-electron chi connectivity index (χ1n) is 4.65. The molecule has 4 nitrogen and oxygen atoms in total. The van der Waals surface area contributed by atoms with E-state index in [4.69, 9.17) is 4.74 Å². The van der Waals surface area contributed by atoms with E-state index >= 15 is 0 Å². The van der Waals surface area contributed by atoms with Crippen LogP contribution in [0.5, 0.6) is 0 Å². The second-order valence-electron chi connectivity index (χ2n) is 3.47. The van der Waals surface area contributed by atoms with E-state index in [1.165, 1.54) is 5.69 Å². The molecule has 0 aromatic carbocycles. The third kappa shape index (κ3) is 2.08. The topological polar surface area (TPSA) is 41.1 Å². The van der Waals surface area contributed by atoms with E-state index in [0.29, 0.717) is 6.04 Å². The van der Waals surface area contributed by atoms with Crippen molar-refractivity contribution in [3.63, 3.8) is 0 Å². The van der Waals surface area contributed by atoms with Crippen molar-refractivity contribution in [3.8, 4) is 0 Å². The van der Waals surface area contributed by atoms with Gasteiger partial charge >= 0.3 is 0 Å². The zero-order valence-corrected chi connectivity index (χ0v) is 7.86. The van der Waals surface area contributed by atoms with Crippen LogP contribution < -0.4 is 0 Å². The van der Waals surface area contributed by atoms with Crippen molar-refractivity contribution in [1.29, 1.82) is 0 Å². The van der Waals surface area contributed by atoms with Gasteiger partial charge in [-0.05, 0) is 6.92 Å². The average molecular weight is 181 g/mol. The van der Waals surface area contributed by atoms with E-state index in [-0.39, 0.29) is 0 Å². The van der Waals surface area contributed by atoms with Crippen LogP contribution >= 0.6 is 0 Å². The molecule has 0 saturated carbocycles. The third-order valence-corrected chi connectivity index (χ3v) is 2.43. The van der Waals surface area contributed by atoms with Gasteiger partial charge < -0.3 is 9.72 Å². The number of hydrogen-bond acceptors (Lipinski definition) is 3. The number of ether oxygens (including phenoxy) is 1. The maximum absolute atomic E-state index is 5.36. The Labute approximate surface area is 77.9 Å². The van der Waals surface area contributed by atoms with Gasteiger partial charge in [-0.25, -0.2) is 4.98 Å². The van der Waals surface area contributed by atoms with Gasteiger partial charge in [0.2, 0.25) is 0 Å². The second-order valence-corrected chi connectivity index (χ2v) is 3.47. The lowest BCUT2D eigenvalue weighted by molar-refractivity contribution is -0.00485. The predicted molar refractivity (Wildman–Crippen MR) is 49.3 cm³/mol. The smallest absolute Gasteiger partial charge is 0.0922 e. The van der Waals surface area contributed by atoms with Crippen LogP contribution in [-0.4, -0.2) is 40.7 Å². The van der Waals surface area contributed by atoms with Crippen LogP contribution in [0.1, 0.15) is 12.6 Å². The molecule has 1 aromatic heterocycles. The third-order valence-electron chi connectivity index (χ3n) is 2.43. The SMILES string of the molecule is CC1COCCN1Cc1cnc[nH]1. The predicted octanol–water partition coefficient (Wildman–Crippen LogP) is 0.630. The summed E-state index contributed by atoms with van der Waals surface area (Å²) < 4.78 is 5.36. The van der Waals surface area contributed by atoms with Gasteiger partial charge in [0.15, 0.2) is 0 Å². The molecule has 2 heterocycles. The van der Waals surface area contributed by atoms with Crippen molar-refractivity contribution < 1.29 is 4.74 Å². The summed E-state index contributed by atoms with van der Waals surface area (Å²) in [5, 5.41) is 0. The van der Waals surface area contributed by atoms with Gasteiger partial charge in [0.1, 0.15) is 0 Å². The van der Waals surface area contributed by atoms with Crippen LogP contribution in [0.25, 0.3) is 0 Å². The molecule has 13 heavy (non-hydrogen) atoms. The van der Waals surface area contributed by atoms with E-state index in [1.54, 1.807) is 6.33 Å². The van der Waals surface area contributed by atoms with E-state index in [1.807, 2.05) is 6.20 Å². The number of nitrogens with one attached hydrogen (secondary N) is 1. The molecule has 1 aromatic rings. The Kier molecular flexibility index (Phi) is 2.61. The van der Waals surface area contributed by atoms with Crippen molar-refractivity contribution in [3.05, 3.63) is 18.2 Å². The Morgan fingerprint density at radius 2 is 2.69 bits per heavy atom. The van der Waals surface area contributed by atoms with Gasteiger partial charge in [0, 0.05) is 31.0 Å². The zero-order chi connectivity index (χ0) is 9.10. The minimum absolute atomic E-state index is 0.511. The van der Waals surface area contributed by atoms with Gasteiger partial charge in [-0.15, -0.1) is 0 Å². The Morgan fingerprint density at radius 3 is 3.38 bits per heavy atom. The number of morpholine rings is 1. The Hall–Kier alpha value is -0.870.